The number of alkyl halides is 3. The highest BCUT2D eigenvalue weighted by Crippen LogP contribution is 2.54. The van der Waals surface area contributed by atoms with Crippen LogP contribution < -0.4 is 5.32 Å². The Labute approximate surface area is 179 Å². The van der Waals surface area contributed by atoms with Crippen molar-refractivity contribution in [3.8, 4) is 0 Å². The second kappa shape index (κ2) is 8.33. The summed E-state index contributed by atoms with van der Waals surface area (Å²) in [6.07, 6.45) is -2.01. The molecule has 31 heavy (non-hydrogen) atoms. The molecule has 0 radical (unpaired) electrons. The van der Waals surface area contributed by atoms with E-state index in [2.05, 4.69) is 5.32 Å². The lowest BCUT2D eigenvalue weighted by molar-refractivity contribution is -0.140. The van der Waals surface area contributed by atoms with E-state index in [0.717, 1.165) is 31.4 Å². The first-order chi connectivity index (χ1) is 14.6. The molecule has 3 aliphatic rings. The second-order valence-corrected chi connectivity index (χ2v) is 9.17. The lowest BCUT2D eigenvalue weighted by atomic mass is 9.88. The molecule has 4 rings (SSSR count). The zero-order valence-electron chi connectivity index (χ0n) is 17.6. The van der Waals surface area contributed by atoms with Crippen LogP contribution in [0, 0.1) is 11.2 Å². The van der Waals surface area contributed by atoms with Crippen LogP contribution in [-0.2, 0) is 11.0 Å². The average molecular weight is 443 g/mol. The van der Waals surface area contributed by atoms with Crippen molar-refractivity contribution >= 4 is 5.91 Å². The van der Waals surface area contributed by atoms with Gasteiger partial charge in [0.05, 0.1) is 17.7 Å². The summed E-state index contributed by atoms with van der Waals surface area (Å²) in [6, 6.07) is 2.49. The Hall–Kier alpha value is -1.71. The third-order valence-corrected chi connectivity index (χ3v) is 7.34. The molecule has 2 aliphatic heterocycles. The number of β-amino-alcohol motifs (C(OH)–C–C–N with tert-alkyl or cyclic N) is 1. The van der Waals surface area contributed by atoms with Crippen LogP contribution in [-0.4, -0.2) is 65.7 Å². The summed E-state index contributed by atoms with van der Waals surface area (Å²) < 4.78 is 53.9. The fraction of sp³-hybridized carbons (Fsp3) is 0.682. The van der Waals surface area contributed by atoms with E-state index < -0.39 is 29.7 Å². The van der Waals surface area contributed by atoms with Crippen molar-refractivity contribution in [1.29, 1.82) is 0 Å². The lowest BCUT2D eigenvalue weighted by Gasteiger charge is -2.42. The number of aliphatic hydroxyl groups is 1. The Morgan fingerprint density at radius 2 is 2.00 bits per heavy atom. The van der Waals surface area contributed by atoms with Gasteiger partial charge < -0.3 is 10.4 Å². The van der Waals surface area contributed by atoms with Gasteiger partial charge in [-0.2, -0.15) is 13.2 Å². The van der Waals surface area contributed by atoms with Crippen LogP contribution >= 0.6 is 0 Å². The van der Waals surface area contributed by atoms with E-state index in [-0.39, 0.29) is 17.4 Å². The third kappa shape index (κ3) is 4.59. The molecule has 0 bridgehead atoms. The number of amides is 1. The van der Waals surface area contributed by atoms with Crippen LogP contribution in [0.5, 0.6) is 0 Å². The highest BCUT2D eigenvalue weighted by atomic mass is 19.4. The topological polar surface area (TPSA) is 55.8 Å². The van der Waals surface area contributed by atoms with E-state index in [0.29, 0.717) is 44.7 Å². The molecule has 172 valence electrons. The van der Waals surface area contributed by atoms with Crippen LogP contribution in [0.2, 0.25) is 0 Å². The third-order valence-electron chi connectivity index (χ3n) is 7.34. The Balaban J connectivity index is 1.57. The molecular weight excluding hydrogens is 414 g/mol. The number of carbonyl (C=O) groups excluding carboxylic acids is 1. The summed E-state index contributed by atoms with van der Waals surface area (Å²) in [7, 11) is 0. The molecule has 2 saturated heterocycles. The summed E-state index contributed by atoms with van der Waals surface area (Å²) in [5.74, 6) is -1.35. The minimum absolute atomic E-state index is 0.0273. The number of aliphatic hydroxyl groups excluding tert-OH is 1. The number of benzene rings is 1. The highest BCUT2D eigenvalue weighted by molar-refractivity contribution is 5.81. The number of hydrogen-bond donors (Lipinski definition) is 2. The summed E-state index contributed by atoms with van der Waals surface area (Å²) in [4.78, 5) is 16.0. The van der Waals surface area contributed by atoms with Crippen molar-refractivity contribution in [2.75, 3.05) is 32.7 Å². The van der Waals surface area contributed by atoms with Gasteiger partial charge in [-0.05, 0) is 62.3 Å². The maximum atomic E-state index is 13.9. The quantitative estimate of drug-likeness (QED) is 0.688. The van der Waals surface area contributed by atoms with Crippen LogP contribution in [0.3, 0.4) is 0 Å². The zero-order chi connectivity index (χ0) is 22.4. The van der Waals surface area contributed by atoms with Crippen LogP contribution in [0.1, 0.15) is 49.8 Å². The Morgan fingerprint density at radius 1 is 1.26 bits per heavy atom. The number of nitrogens with zero attached hydrogens (tertiary/aromatic N) is 2. The van der Waals surface area contributed by atoms with Gasteiger partial charge in [0.1, 0.15) is 5.82 Å². The number of nitrogens with one attached hydrogen (secondary N) is 1. The van der Waals surface area contributed by atoms with Crippen molar-refractivity contribution in [2.45, 2.75) is 57.0 Å². The van der Waals surface area contributed by atoms with Gasteiger partial charge >= 0.3 is 6.18 Å². The molecule has 1 saturated carbocycles. The predicted octanol–water partition coefficient (Wildman–Crippen LogP) is 2.94. The normalized spacial score (nSPS) is 27.9. The Kier molecular flexibility index (Phi) is 6.04. The predicted molar refractivity (Wildman–Crippen MR) is 107 cm³/mol. The minimum atomic E-state index is -4.77. The fourth-order valence-electron chi connectivity index (χ4n) is 5.02. The molecule has 2 unspecified atom stereocenters. The number of likely N-dealkylation sites (tertiary alicyclic amines) is 1. The molecular formula is C22H29F4N3O2. The molecule has 9 heteroatoms. The maximum Gasteiger partial charge on any atom is 0.419 e. The number of carbonyl (C=O) groups is 1. The maximum absolute atomic E-state index is 13.9. The molecule has 1 amide bonds. The molecule has 1 aliphatic carbocycles. The van der Waals surface area contributed by atoms with E-state index in [9.17, 15) is 27.5 Å². The molecule has 1 aromatic carbocycles. The molecule has 5 nitrogen and oxygen atoms in total. The van der Waals surface area contributed by atoms with E-state index in [1.54, 1.807) is 0 Å². The van der Waals surface area contributed by atoms with E-state index >= 15 is 0 Å². The van der Waals surface area contributed by atoms with Gasteiger partial charge in [-0.1, -0.05) is 6.07 Å². The smallest absolute Gasteiger partial charge is 0.391 e. The molecule has 0 aromatic heterocycles. The van der Waals surface area contributed by atoms with Gasteiger partial charge in [-0.15, -0.1) is 0 Å². The van der Waals surface area contributed by atoms with E-state index in [1.165, 1.54) is 6.07 Å². The molecule has 3 atom stereocenters. The molecule has 2 N–H and O–H groups in total. The fourth-order valence-corrected chi connectivity index (χ4v) is 5.02. The monoisotopic (exact) mass is 443 g/mol. The summed E-state index contributed by atoms with van der Waals surface area (Å²) in [6.45, 7) is 4.60. The standard InChI is InChI=1S/C22H29F4N3O2/c1-14-20(31)27-8-11-28(14)9-4-18(29-10-7-21(5-6-21)19(30)13-29)15-2-3-17(23)16(12-15)22(24,25)26/h2-3,12,14,18-19,30H,4-11,13H2,1H3,(H,27,31)/t14?,18?,19-/m1/s1. The minimum Gasteiger partial charge on any atom is -0.391 e. The van der Waals surface area contributed by atoms with Crippen molar-refractivity contribution in [1.82, 2.24) is 15.1 Å². The van der Waals surface area contributed by atoms with Crippen molar-refractivity contribution in [3.63, 3.8) is 0 Å². The van der Waals surface area contributed by atoms with E-state index in [1.807, 2.05) is 16.7 Å². The number of piperidine rings is 1. The number of halogens is 4. The van der Waals surface area contributed by atoms with Crippen molar-refractivity contribution in [2.24, 2.45) is 5.41 Å². The molecule has 1 spiro atoms. The summed E-state index contributed by atoms with van der Waals surface area (Å²) >= 11 is 0. The van der Waals surface area contributed by atoms with Crippen LogP contribution in [0.25, 0.3) is 0 Å². The summed E-state index contributed by atoms with van der Waals surface area (Å²) in [5, 5.41) is 13.4. The van der Waals surface area contributed by atoms with Crippen LogP contribution in [0.4, 0.5) is 17.6 Å². The first-order valence-electron chi connectivity index (χ1n) is 10.9. The first-order valence-corrected chi connectivity index (χ1v) is 10.9. The Morgan fingerprint density at radius 3 is 2.65 bits per heavy atom. The van der Waals surface area contributed by atoms with Gasteiger partial charge in [0.15, 0.2) is 0 Å². The first kappa shape index (κ1) is 22.5. The van der Waals surface area contributed by atoms with Gasteiger partial charge in [0.2, 0.25) is 5.91 Å². The van der Waals surface area contributed by atoms with Gasteiger partial charge in [-0.25, -0.2) is 4.39 Å². The van der Waals surface area contributed by atoms with Crippen molar-refractivity contribution < 1.29 is 27.5 Å². The average Bonchev–Trinajstić information content (AvgIpc) is 3.49. The Bertz CT molecular complexity index is 827. The number of rotatable bonds is 5. The van der Waals surface area contributed by atoms with Gasteiger partial charge in [0, 0.05) is 32.2 Å². The van der Waals surface area contributed by atoms with Crippen LogP contribution in [0.15, 0.2) is 18.2 Å². The molecule has 2 heterocycles. The molecule has 3 fully saturated rings. The highest BCUT2D eigenvalue weighted by Gasteiger charge is 2.52. The van der Waals surface area contributed by atoms with E-state index in [4.69, 9.17) is 0 Å². The zero-order valence-corrected chi connectivity index (χ0v) is 17.6. The van der Waals surface area contributed by atoms with Gasteiger partial charge in [0.25, 0.3) is 0 Å². The second-order valence-electron chi connectivity index (χ2n) is 9.17. The number of hydrogen-bond acceptors (Lipinski definition) is 4. The van der Waals surface area contributed by atoms with Crippen molar-refractivity contribution in [3.05, 3.63) is 35.1 Å². The number of piperazine rings is 1. The molecule has 1 aromatic rings. The van der Waals surface area contributed by atoms with Gasteiger partial charge in [-0.3, -0.25) is 14.6 Å². The SMILES string of the molecule is CC1C(=O)NCCN1CCC(c1ccc(F)c(C(F)(F)F)c1)N1CCC2(CC2)[C@H](O)C1. The lowest BCUT2D eigenvalue weighted by Crippen LogP contribution is -2.54. The largest absolute Gasteiger partial charge is 0.419 e. The summed E-state index contributed by atoms with van der Waals surface area (Å²) in [5.41, 5.74) is -0.904.